The maximum atomic E-state index is 12.8. The highest BCUT2D eigenvalue weighted by Gasteiger charge is 2.32. The van der Waals surface area contributed by atoms with Gasteiger partial charge in [-0.15, -0.1) is 12.4 Å². The maximum Gasteiger partial charge on any atom is 0.270 e. The van der Waals surface area contributed by atoms with Crippen molar-refractivity contribution in [3.63, 3.8) is 0 Å². The number of amides is 1. The molecule has 2 bridgehead atoms. The summed E-state index contributed by atoms with van der Waals surface area (Å²) in [5, 5.41) is 3.55. The van der Waals surface area contributed by atoms with Gasteiger partial charge >= 0.3 is 0 Å². The molecular formula is C17H21ClN4O2. The van der Waals surface area contributed by atoms with Crippen LogP contribution in [0.2, 0.25) is 0 Å². The molecule has 0 saturated carbocycles. The minimum atomic E-state index is -0.289. The molecule has 24 heavy (non-hydrogen) atoms. The standard InChI is InChI=1S/C17H20N4O2.ClH/c1-11-4-7-21-15(8-11)18-9-14(17(21)23)16(22)20-6-5-12-2-3-13(10-20)19-12;/h4,7-9,12-13,19H,2-3,5-6,10H2,1H3;1H. The molecule has 2 aromatic heterocycles. The molecule has 2 unspecified atom stereocenters. The number of carbonyl (C=O) groups is 1. The molecule has 0 aliphatic carbocycles. The predicted molar refractivity (Wildman–Crippen MR) is 93.9 cm³/mol. The summed E-state index contributed by atoms with van der Waals surface area (Å²) in [7, 11) is 0. The Hall–Kier alpha value is -1.92. The zero-order chi connectivity index (χ0) is 16.0. The normalized spacial score (nSPS) is 23.0. The van der Waals surface area contributed by atoms with E-state index in [1.165, 1.54) is 17.0 Å². The number of pyridine rings is 1. The van der Waals surface area contributed by atoms with E-state index >= 15 is 0 Å². The van der Waals surface area contributed by atoms with Crippen molar-refractivity contribution in [2.45, 2.75) is 38.3 Å². The van der Waals surface area contributed by atoms with Gasteiger partial charge in [-0.25, -0.2) is 4.98 Å². The topological polar surface area (TPSA) is 66.7 Å². The van der Waals surface area contributed by atoms with Gasteiger partial charge in [-0.3, -0.25) is 14.0 Å². The van der Waals surface area contributed by atoms with Crippen molar-refractivity contribution in [3.05, 3.63) is 46.0 Å². The molecule has 6 nitrogen and oxygen atoms in total. The predicted octanol–water partition coefficient (Wildman–Crippen LogP) is 1.39. The summed E-state index contributed by atoms with van der Waals surface area (Å²) in [6.45, 7) is 3.32. The Labute approximate surface area is 146 Å². The minimum absolute atomic E-state index is 0. The van der Waals surface area contributed by atoms with Crippen LogP contribution in [-0.4, -0.2) is 45.4 Å². The first-order chi connectivity index (χ1) is 11.1. The van der Waals surface area contributed by atoms with Crippen LogP contribution in [0.4, 0.5) is 0 Å². The fourth-order valence-electron chi connectivity index (χ4n) is 3.62. The van der Waals surface area contributed by atoms with Crippen molar-refractivity contribution in [1.82, 2.24) is 19.6 Å². The Bertz CT molecular complexity index is 835. The van der Waals surface area contributed by atoms with Crippen LogP contribution in [0, 0.1) is 6.92 Å². The van der Waals surface area contributed by atoms with Crippen molar-refractivity contribution >= 4 is 24.0 Å². The van der Waals surface area contributed by atoms with Gasteiger partial charge in [-0.2, -0.15) is 0 Å². The van der Waals surface area contributed by atoms with Crippen LogP contribution in [0.5, 0.6) is 0 Å². The minimum Gasteiger partial charge on any atom is -0.337 e. The third-order valence-corrected chi connectivity index (χ3v) is 4.91. The maximum absolute atomic E-state index is 12.8. The molecule has 0 aromatic carbocycles. The van der Waals surface area contributed by atoms with Gasteiger partial charge in [0.25, 0.3) is 11.5 Å². The van der Waals surface area contributed by atoms with Crippen molar-refractivity contribution in [3.8, 4) is 0 Å². The summed E-state index contributed by atoms with van der Waals surface area (Å²) < 4.78 is 1.45. The Kier molecular flexibility index (Phi) is 4.60. The second-order valence-electron chi connectivity index (χ2n) is 6.59. The van der Waals surface area contributed by atoms with Crippen molar-refractivity contribution < 1.29 is 4.79 Å². The molecule has 4 heterocycles. The monoisotopic (exact) mass is 348 g/mol. The molecule has 7 heteroatoms. The average Bonchev–Trinajstić information content (AvgIpc) is 2.86. The third kappa shape index (κ3) is 2.91. The fraction of sp³-hybridized carbons (Fsp3) is 0.471. The van der Waals surface area contributed by atoms with E-state index in [0.717, 1.165) is 18.4 Å². The Morgan fingerprint density at radius 3 is 2.92 bits per heavy atom. The quantitative estimate of drug-likeness (QED) is 0.845. The summed E-state index contributed by atoms with van der Waals surface area (Å²) in [6.07, 6.45) is 6.34. The SMILES string of the molecule is Cc1ccn2c(=O)c(C(=O)N3CCC4CCC(C3)N4)cnc2c1.Cl. The number of aryl methyl sites for hydroxylation is 1. The number of nitrogens with one attached hydrogen (secondary N) is 1. The van der Waals surface area contributed by atoms with Crippen LogP contribution in [0.25, 0.3) is 5.65 Å². The number of aromatic nitrogens is 2. The van der Waals surface area contributed by atoms with Crippen molar-refractivity contribution in [1.29, 1.82) is 0 Å². The summed E-state index contributed by atoms with van der Waals surface area (Å²) in [5.74, 6) is -0.202. The second-order valence-corrected chi connectivity index (χ2v) is 6.59. The summed E-state index contributed by atoms with van der Waals surface area (Å²) in [4.78, 5) is 31.5. The summed E-state index contributed by atoms with van der Waals surface area (Å²) >= 11 is 0. The molecule has 2 aromatic rings. The molecule has 2 fully saturated rings. The summed E-state index contributed by atoms with van der Waals surface area (Å²) in [6, 6.07) is 4.55. The number of hydrogen-bond acceptors (Lipinski definition) is 4. The van der Waals surface area contributed by atoms with Crippen LogP contribution in [-0.2, 0) is 0 Å². The lowest BCUT2D eigenvalue weighted by Gasteiger charge is -2.24. The van der Waals surface area contributed by atoms with Gasteiger partial charge in [-0.05, 0) is 43.9 Å². The molecule has 1 amide bonds. The van der Waals surface area contributed by atoms with E-state index in [-0.39, 0.29) is 29.4 Å². The lowest BCUT2D eigenvalue weighted by molar-refractivity contribution is 0.0745. The Morgan fingerprint density at radius 2 is 2.08 bits per heavy atom. The van der Waals surface area contributed by atoms with Crippen LogP contribution in [0.1, 0.15) is 35.2 Å². The van der Waals surface area contributed by atoms with E-state index in [9.17, 15) is 9.59 Å². The van der Waals surface area contributed by atoms with Gasteiger partial charge in [0.1, 0.15) is 11.2 Å². The van der Waals surface area contributed by atoms with Gasteiger partial charge in [-0.1, -0.05) is 0 Å². The number of hydrogen-bond donors (Lipinski definition) is 1. The molecular weight excluding hydrogens is 328 g/mol. The van der Waals surface area contributed by atoms with Gasteiger partial charge < -0.3 is 10.2 Å². The van der Waals surface area contributed by atoms with E-state index in [1.807, 2.05) is 19.1 Å². The number of likely N-dealkylation sites (tertiary alicyclic amines) is 1. The molecule has 2 saturated heterocycles. The van der Waals surface area contributed by atoms with Gasteiger partial charge in [0.2, 0.25) is 0 Å². The lowest BCUT2D eigenvalue weighted by atomic mass is 10.1. The number of carbonyl (C=O) groups excluding carboxylic acids is 1. The number of rotatable bonds is 1. The molecule has 0 spiro atoms. The fourth-order valence-corrected chi connectivity index (χ4v) is 3.62. The number of fused-ring (bicyclic) bond motifs is 3. The van der Waals surface area contributed by atoms with E-state index in [4.69, 9.17) is 0 Å². The first-order valence-electron chi connectivity index (χ1n) is 8.15. The first kappa shape index (κ1) is 16.9. The van der Waals surface area contributed by atoms with Crippen molar-refractivity contribution in [2.24, 2.45) is 0 Å². The molecule has 128 valence electrons. The molecule has 0 radical (unpaired) electrons. The van der Waals surface area contributed by atoms with E-state index in [1.54, 1.807) is 11.1 Å². The van der Waals surface area contributed by atoms with E-state index in [2.05, 4.69) is 10.3 Å². The number of halogens is 1. The van der Waals surface area contributed by atoms with Crippen LogP contribution < -0.4 is 10.9 Å². The van der Waals surface area contributed by atoms with E-state index in [0.29, 0.717) is 30.8 Å². The van der Waals surface area contributed by atoms with Crippen molar-refractivity contribution in [2.75, 3.05) is 13.1 Å². The molecule has 2 aliphatic heterocycles. The smallest absolute Gasteiger partial charge is 0.270 e. The van der Waals surface area contributed by atoms with Crippen LogP contribution >= 0.6 is 12.4 Å². The Balaban J connectivity index is 0.00000169. The summed E-state index contributed by atoms with van der Waals surface area (Å²) in [5.41, 5.74) is 1.47. The highest BCUT2D eigenvalue weighted by molar-refractivity contribution is 5.93. The third-order valence-electron chi connectivity index (χ3n) is 4.91. The molecule has 2 atom stereocenters. The van der Waals surface area contributed by atoms with Gasteiger partial charge in [0, 0.05) is 37.6 Å². The highest BCUT2D eigenvalue weighted by Crippen LogP contribution is 2.21. The average molecular weight is 349 g/mol. The zero-order valence-corrected chi connectivity index (χ0v) is 14.4. The largest absolute Gasteiger partial charge is 0.337 e. The van der Waals surface area contributed by atoms with Gasteiger partial charge in [0.15, 0.2) is 0 Å². The van der Waals surface area contributed by atoms with Gasteiger partial charge in [0.05, 0.1) is 0 Å². The van der Waals surface area contributed by atoms with Crippen LogP contribution in [0.15, 0.2) is 29.3 Å². The highest BCUT2D eigenvalue weighted by atomic mass is 35.5. The molecule has 4 rings (SSSR count). The molecule has 2 aliphatic rings. The number of nitrogens with zero attached hydrogens (tertiary/aromatic N) is 3. The molecule has 1 N–H and O–H groups in total. The Morgan fingerprint density at radius 1 is 1.29 bits per heavy atom. The first-order valence-corrected chi connectivity index (χ1v) is 8.15. The lowest BCUT2D eigenvalue weighted by Crippen LogP contribution is -2.41. The van der Waals surface area contributed by atoms with E-state index < -0.39 is 0 Å². The zero-order valence-electron chi connectivity index (χ0n) is 13.6. The van der Waals surface area contributed by atoms with Crippen LogP contribution in [0.3, 0.4) is 0 Å². The second kappa shape index (κ2) is 6.53.